The number of anilines is 3. The number of aryl methyl sites for hydroxylation is 3. The van der Waals surface area contributed by atoms with E-state index in [4.69, 9.17) is 37.4 Å². The minimum atomic E-state index is -4.46. The minimum Gasteiger partial charge on any atom is -0.481 e. The highest BCUT2D eigenvalue weighted by Crippen LogP contribution is 2.32. The van der Waals surface area contributed by atoms with E-state index >= 15 is 0 Å². The Hall–Kier alpha value is -8.09. The quantitative estimate of drug-likeness (QED) is 0.0819. The Morgan fingerprint density at radius 2 is 1.35 bits per heavy atom. The van der Waals surface area contributed by atoms with Gasteiger partial charge in [0.25, 0.3) is 26.0 Å². The molecule has 0 bridgehead atoms. The number of benzene rings is 2. The van der Waals surface area contributed by atoms with E-state index in [9.17, 15) is 66.4 Å². The number of hydrogen-bond acceptors (Lipinski definition) is 20. The molecule has 0 saturated carbocycles. The first kappa shape index (κ1) is 63.4. The topological polar surface area (TPSA) is 362 Å². The van der Waals surface area contributed by atoms with Gasteiger partial charge in [-0.3, -0.25) is 20.2 Å². The van der Waals surface area contributed by atoms with Gasteiger partial charge in [0, 0.05) is 26.7 Å². The van der Waals surface area contributed by atoms with Crippen LogP contribution in [0.1, 0.15) is 40.5 Å². The molecule has 5 amide bonds. The van der Waals surface area contributed by atoms with Crippen LogP contribution in [-0.4, -0.2) is 140 Å². The third-order valence-corrected chi connectivity index (χ3v) is 13.2. The molecule has 0 radical (unpaired) electrons. The molecule has 0 aliphatic heterocycles. The molecular weight excluding hydrogens is 1170 g/mol. The molecule has 38 heteroatoms. The number of halogens is 7. The smallest absolute Gasteiger partial charge is 0.389 e. The molecule has 2 aromatic carbocycles. The Morgan fingerprint density at radius 1 is 0.772 bits per heavy atom. The van der Waals surface area contributed by atoms with Crippen molar-refractivity contribution in [3.05, 3.63) is 104 Å². The van der Waals surface area contributed by atoms with Crippen LogP contribution in [-0.2, 0) is 36.5 Å². The standard InChI is InChI=1S/C15H16F3N5O4S.C15H18N6O6S.C11H10Cl2F2N4O3S/c1-9-19-12(22-14(20-9)27-2)21-13(24)23-28(25,26)11-6-4-3-5-10(11)7-8-15(16,17)18;1-21(2)13(22)9-6-5-7-16-12(9)28(24,25)20-15(23)19-14-17-10(26-3)8-11(18-14)27-4;1-5-16-19(11(20)18(5)10(14)15)9-4-8(17-23(2,21)22)6(12)3-7(9)13/h3-6H,7-8H2,1-2H3,(H2,19,20,21,22,23,24);5-8H,1-4H3,(H2,17,18,19,20,23);3-4,10,17H,1-2H3. The van der Waals surface area contributed by atoms with Gasteiger partial charge in [0.1, 0.15) is 11.6 Å². The van der Waals surface area contributed by atoms with Crippen LogP contribution in [0, 0.1) is 13.8 Å². The lowest BCUT2D eigenvalue weighted by Crippen LogP contribution is -2.36. The van der Waals surface area contributed by atoms with Gasteiger partial charge in [-0.05, 0) is 56.2 Å². The zero-order valence-corrected chi connectivity index (χ0v) is 45.9. The van der Waals surface area contributed by atoms with E-state index in [1.165, 1.54) is 103 Å². The predicted molar refractivity (Wildman–Crippen MR) is 270 cm³/mol. The van der Waals surface area contributed by atoms with Crippen LogP contribution in [0.2, 0.25) is 10.0 Å². The Bertz CT molecular complexity index is 3610. The fraction of sp³-hybridized carbons (Fsp3) is 0.293. The van der Waals surface area contributed by atoms with Gasteiger partial charge in [-0.2, -0.15) is 60.0 Å². The van der Waals surface area contributed by atoms with Crippen LogP contribution in [0.3, 0.4) is 0 Å². The molecule has 4 heterocycles. The number of urea groups is 2. The monoisotopic (exact) mass is 1220 g/mol. The van der Waals surface area contributed by atoms with E-state index in [0.717, 1.165) is 18.4 Å². The average Bonchev–Trinajstić information content (AvgIpc) is 3.74. The highest BCUT2D eigenvalue weighted by Gasteiger charge is 2.30. The van der Waals surface area contributed by atoms with Gasteiger partial charge in [-0.25, -0.2) is 50.2 Å². The van der Waals surface area contributed by atoms with Crippen LogP contribution >= 0.6 is 23.2 Å². The summed E-state index contributed by atoms with van der Waals surface area (Å²) < 4.78 is 157. The van der Waals surface area contributed by atoms with E-state index in [2.05, 4.69) is 50.4 Å². The maximum Gasteiger partial charge on any atom is 0.389 e. The number of methoxy groups -OCH3 is 3. The summed E-state index contributed by atoms with van der Waals surface area (Å²) in [7, 11) is -5.64. The summed E-state index contributed by atoms with van der Waals surface area (Å²) in [5.74, 6) is -0.940. The number of nitrogens with zero attached hydrogens (tertiary/aromatic N) is 10. The lowest BCUT2D eigenvalue weighted by molar-refractivity contribution is -0.134. The number of carbonyl (C=O) groups is 3. The van der Waals surface area contributed by atoms with Gasteiger partial charge in [0.2, 0.25) is 33.7 Å². The van der Waals surface area contributed by atoms with Crippen molar-refractivity contribution in [2.45, 2.75) is 49.3 Å². The minimum absolute atomic E-state index is 0.0257. The molecule has 0 spiro atoms. The number of carbonyl (C=O) groups excluding carboxylic acids is 3. The first-order valence-electron chi connectivity index (χ1n) is 21.3. The summed E-state index contributed by atoms with van der Waals surface area (Å²) in [5.41, 5.74) is -1.53. The Kier molecular flexibility index (Phi) is 21.3. The Morgan fingerprint density at radius 3 is 1.89 bits per heavy atom. The molecule has 0 fully saturated rings. The number of pyridine rings is 1. The van der Waals surface area contributed by atoms with Gasteiger partial charge in [-0.1, -0.05) is 41.4 Å². The normalized spacial score (nSPS) is 11.4. The number of rotatable bonds is 16. The third-order valence-electron chi connectivity index (χ3n) is 9.25. The molecule has 0 unspecified atom stereocenters. The van der Waals surface area contributed by atoms with Crippen molar-refractivity contribution in [1.29, 1.82) is 0 Å². The summed E-state index contributed by atoms with van der Waals surface area (Å²) in [4.78, 5) is 71.9. The molecule has 428 valence electrons. The zero-order chi connectivity index (χ0) is 59.4. The van der Waals surface area contributed by atoms with Gasteiger partial charge in [0.15, 0.2) is 5.03 Å². The van der Waals surface area contributed by atoms with Crippen LogP contribution in [0.5, 0.6) is 17.8 Å². The second-order valence-corrected chi connectivity index (χ2v) is 21.2. The largest absolute Gasteiger partial charge is 0.481 e. The van der Waals surface area contributed by atoms with Crippen molar-refractivity contribution < 1.29 is 75.8 Å². The number of amides is 5. The van der Waals surface area contributed by atoms with Crippen molar-refractivity contribution in [3.63, 3.8) is 0 Å². The summed E-state index contributed by atoms with van der Waals surface area (Å²) >= 11 is 11.8. The Labute approximate surface area is 455 Å². The first-order chi connectivity index (χ1) is 36.7. The summed E-state index contributed by atoms with van der Waals surface area (Å²) in [5, 5.41) is 7.30. The maximum absolute atomic E-state index is 12.8. The summed E-state index contributed by atoms with van der Waals surface area (Å²) in [6, 6.07) is 9.02. The maximum atomic E-state index is 12.8. The summed E-state index contributed by atoms with van der Waals surface area (Å²) in [6.07, 6.45) is -4.10. The number of nitrogens with one attached hydrogen (secondary N) is 5. The van der Waals surface area contributed by atoms with Crippen LogP contribution < -0.4 is 44.7 Å². The highest BCUT2D eigenvalue weighted by atomic mass is 35.5. The van der Waals surface area contributed by atoms with Crippen molar-refractivity contribution in [1.82, 2.24) is 58.6 Å². The second-order valence-electron chi connectivity index (χ2n) is 15.4. The van der Waals surface area contributed by atoms with E-state index in [1.807, 2.05) is 0 Å². The molecule has 4 aromatic heterocycles. The number of ether oxygens (including phenoxy) is 3. The molecule has 6 rings (SSSR count). The number of alkyl halides is 5. The lowest BCUT2D eigenvalue weighted by atomic mass is 10.1. The predicted octanol–water partition coefficient (Wildman–Crippen LogP) is 4.71. The molecule has 79 heavy (non-hydrogen) atoms. The Balaban J connectivity index is 0.000000257. The van der Waals surface area contributed by atoms with E-state index in [1.54, 1.807) is 9.44 Å². The molecular formula is C41H44Cl2F5N15O13S3. The molecule has 0 aliphatic carbocycles. The highest BCUT2D eigenvalue weighted by molar-refractivity contribution is 7.92. The average molecular weight is 1220 g/mol. The van der Waals surface area contributed by atoms with Crippen molar-refractivity contribution in [2.75, 3.05) is 57.0 Å². The summed E-state index contributed by atoms with van der Waals surface area (Å²) in [6.45, 7) is -0.347. The molecule has 0 atom stereocenters. The van der Waals surface area contributed by atoms with Gasteiger partial charge < -0.3 is 19.1 Å². The van der Waals surface area contributed by atoms with Crippen molar-refractivity contribution in [2.24, 2.45) is 0 Å². The van der Waals surface area contributed by atoms with Crippen molar-refractivity contribution in [3.8, 4) is 23.5 Å². The van der Waals surface area contributed by atoms with Gasteiger partial charge in [0.05, 0.1) is 65.5 Å². The third kappa shape index (κ3) is 18.3. The molecule has 0 saturated heterocycles. The van der Waals surface area contributed by atoms with E-state index in [0.29, 0.717) is 4.68 Å². The molecule has 5 N–H and O–H groups in total. The van der Waals surface area contributed by atoms with Crippen LogP contribution in [0.15, 0.2) is 75.5 Å². The van der Waals surface area contributed by atoms with Gasteiger partial charge >= 0.3 is 36.5 Å². The first-order valence-corrected chi connectivity index (χ1v) is 27.0. The molecule has 0 aliphatic rings. The number of sulfonamides is 3. The van der Waals surface area contributed by atoms with Crippen molar-refractivity contribution >= 4 is 88.8 Å². The molecule has 6 aromatic rings. The number of aromatic nitrogens is 9. The molecule has 28 nitrogen and oxygen atoms in total. The van der Waals surface area contributed by atoms with E-state index < -0.39 is 89.2 Å². The number of hydrogen-bond donors (Lipinski definition) is 5. The fourth-order valence-electron chi connectivity index (χ4n) is 5.97. The van der Waals surface area contributed by atoms with Gasteiger partial charge in [-0.15, -0.1) is 5.10 Å². The SMILES string of the molecule is COc1cc(OC)nc(NC(=O)NS(=O)(=O)c2ncccc2C(=O)N(C)C)n1.COc1nc(C)nc(NC(=O)NS(=O)(=O)c2ccccc2CCC(F)(F)F)n1.Cc1nn(-c2cc(NS(C)(=O)=O)c(Cl)cc2Cl)c(=O)n1C(F)F. The fourth-order valence-corrected chi connectivity index (χ4v) is 9.32. The van der Waals surface area contributed by atoms with Crippen LogP contribution in [0.25, 0.3) is 5.69 Å². The van der Waals surface area contributed by atoms with E-state index in [-0.39, 0.29) is 78.4 Å². The van der Waals surface area contributed by atoms with Crippen LogP contribution in [0.4, 0.5) is 49.1 Å². The zero-order valence-electron chi connectivity index (χ0n) is 41.9. The second kappa shape index (κ2) is 26.5. The lowest BCUT2D eigenvalue weighted by Gasteiger charge is -2.14.